The molecule has 0 radical (unpaired) electrons. The van der Waals surface area contributed by atoms with Crippen LogP contribution >= 0.6 is 0 Å². The summed E-state index contributed by atoms with van der Waals surface area (Å²) < 4.78 is 20.2. The van der Waals surface area contributed by atoms with Crippen LogP contribution in [0.4, 0.5) is 10.2 Å². The van der Waals surface area contributed by atoms with Gasteiger partial charge in [0.2, 0.25) is 0 Å². The highest BCUT2D eigenvalue weighted by atomic mass is 19.1. The maximum Gasteiger partial charge on any atom is 0.255 e. The fraction of sp³-hybridized carbons (Fsp3) is 0.238. The van der Waals surface area contributed by atoms with Gasteiger partial charge in [-0.1, -0.05) is 0 Å². The standard InChI is InChI=1S/C21H20FN5O2/c1-26(21(28)15-4-3-9-23-10-15)16-11-27(12-16)20-18(22)19(24-13-25-20)14-5-7-17(29-2)8-6-14/h3-10,13,16H,11-12H2,1-2H3. The van der Waals surface area contributed by atoms with Crippen LogP contribution in [0.15, 0.2) is 55.1 Å². The molecule has 0 unspecified atom stereocenters. The van der Waals surface area contributed by atoms with Crippen molar-refractivity contribution >= 4 is 11.7 Å². The molecule has 1 aliphatic heterocycles. The van der Waals surface area contributed by atoms with E-state index in [2.05, 4.69) is 15.0 Å². The van der Waals surface area contributed by atoms with E-state index in [1.165, 1.54) is 6.33 Å². The Morgan fingerprint density at radius 3 is 2.62 bits per heavy atom. The Bertz CT molecular complexity index is 1010. The van der Waals surface area contributed by atoms with Crippen molar-refractivity contribution in [3.8, 4) is 17.0 Å². The van der Waals surface area contributed by atoms with Crippen LogP contribution in [0.1, 0.15) is 10.4 Å². The Balaban J connectivity index is 1.47. The minimum absolute atomic E-state index is 0.0264. The zero-order valence-electron chi connectivity index (χ0n) is 16.1. The van der Waals surface area contributed by atoms with Crippen LogP contribution in [-0.4, -0.2) is 59.0 Å². The van der Waals surface area contributed by atoms with Crippen LogP contribution in [0, 0.1) is 5.82 Å². The van der Waals surface area contributed by atoms with E-state index in [1.807, 2.05) is 4.90 Å². The molecule has 1 amide bonds. The molecule has 7 nitrogen and oxygen atoms in total. The molecular formula is C21H20FN5O2. The van der Waals surface area contributed by atoms with Crippen molar-refractivity contribution in [3.05, 3.63) is 66.5 Å². The van der Waals surface area contributed by atoms with Crippen molar-refractivity contribution in [3.63, 3.8) is 0 Å². The maximum absolute atomic E-state index is 15.1. The molecule has 1 saturated heterocycles. The van der Waals surface area contributed by atoms with Crippen molar-refractivity contribution in [1.82, 2.24) is 19.9 Å². The minimum Gasteiger partial charge on any atom is -0.497 e. The van der Waals surface area contributed by atoms with E-state index in [-0.39, 0.29) is 23.5 Å². The Morgan fingerprint density at radius 1 is 1.21 bits per heavy atom. The number of ether oxygens (including phenoxy) is 1. The van der Waals surface area contributed by atoms with Crippen LogP contribution in [0.25, 0.3) is 11.3 Å². The topological polar surface area (TPSA) is 71.5 Å². The van der Waals surface area contributed by atoms with Crippen LogP contribution in [0.3, 0.4) is 0 Å². The SMILES string of the molecule is COc1ccc(-c2ncnc(N3CC(N(C)C(=O)c4cccnc4)C3)c2F)cc1. The first-order chi connectivity index (χ1) is 14.1. The smallest absolute Gasteiger partial charge is 0.255 e. The molecular weight excluding hydrogens is 373 g/mol. The molecule has 148 valence electrons. The number of methoxy groups -OCH3 is 1. The fourth-order valence-electron chi connectivity index (χ4n) is 3.26. The molecule has 0 saturated carbocycles. The zero-order chi connectivity index (χ0) is 20.4. The number of amides is 1. The molecule has 0 aliphatic carbocycles. The van der Waals surface area contributed by atoms with Gasteiger partial charge < -0.3 is 14.5 Å². The molecule has 3 heterocycles. The van der Waals surface area contributed by atoms with Crippen molar-refractivity contribution < 1.29 is 13.9 Å². The van der Waals surface area contributed by atoms with Gasteiger partial charge in [0.15, 0.2) is 11.6 Å². The number of halogens is 1. The summed E-state index contributed by atoms with van der Waals surface area (Å²) >= 11 is 0. The van der Waals surface area contributed by atoms with Gasteiger partial charge in [0.25, 0.3) is 5.91 Å². The quantitative estimate of drug-likeness (QED) is 0.664. The fourth-order valence-corrected chi connectivity index (χ4v) is 3.26. The van der Waals surface area contributed by atoms with Gasteiger partial charge in [-0.3, -0.25) is 9.78 Å². The third-order valence-electron chi connectivity index (χ3n) is 5.07. The first-order valence-electron chi connectivity index (χ1n) is 9.15. The molecule has 0 spiro atoms. The number of benzene rings is 1. The summed E-state index contributed by atoms with van der Waals surface area (Å²) in [5.41, 5.74) is 1.41. The van der Waals surface area contributed by atoms with E-state index < -0.39 is 5.82 Å². The van der Waals surface area contributed by atoms with Gasteiger partial charge in [-0.05, 0) is 36.4 Å². The molecule has 8 heteroatoms. The highest BCUT2D eigenvalue weighted by molar-refractivity contribution is 5.94. The monoisotopic (exact) mass is 393 g/mol. The second-order valence-electron chi connectivity index (χ2n) is 6.80. The summed E-state index contributed by atoms with van der Waals surface area (Å²) in [5, 5.41) is 0. The molecule has 0 atom stereocenters. The van der Waals surface area contributed by atoms with E-state index >= 15 is 4.39 Å². The van der Waals surface area contributed by atoms with E-state index in [4.69, 9.17) is 4.74 Å². The normalized spacial score (nSPS) is 13.7. The number of anilines is 1. The first-order valence-corrected chi connectivity index (χ1v) is 9.15. The summed E-state index contributed by atoms with van der Waals surface area (Å²) in [4.78, 5) is 28.2. The Hall–Kier alpha value is -3.55. The van der Waals surface area contributed by atoms with Gasteiger partial charge >= 0.3 is 0 Å². The van der Waals surface area contributed by atoms with Gasteiger partial charge in [-0.25, -0.2) is 14.4 Å². The minimum atomic E-state index is -0.475. The summed E-state index contributed by atoms with van der Waals surface area (Å²) in [5.74, 6) is 0.349. The van der Waals surface area contributed by atoms with Gasteiger partial charge in [0.05, 0.1) is 18.7 Å². The highest BCUT2D eigenvalue weighted by Crippen LogP contribution is 2.30. The predicted octanol–water partition coefficient (Wildman–Crippen LogP) is 2.65. The Labute approximate surface area is 167 Å². The first kappa shape index (κ1) is 18.8. The number of aromatic nitrogens is 3. The summed E-state index contributed by atoms with van der Waals surface area (Å²) in [6.45, 7) is 0.997. The van der Waals surface area contributed by atoms with Gasteiger partial charge in [0.1, 0.15) is 17.8 Å². The number of pyridine rings is 1. The highest BCUT2D eigenvalue weighted by Gasteiger charge is 2.35. The van der Waals surface area contributed by atoms with E-state index in [0.29, 0.717) is 30.0 Å². The third kappa shape index (κ3) is 3.61. The number of hydrogen-bond acceptors (Lipinski definition) is 6. The predicted molar refractivity (Wildman–Crippen MR) is 106 cm³/mol. The molecule has 3 aromatic rings. The molecule has 0 bridgehead atoms. The van der Waals surface area contributed by atoms with Crippen LogP contribution in [0.2, 0.25) is 0 Å². The largest absolute Gasteiger partial charge is 0.497 e. The van der Waals surface area contributed by atoms with Crippen molar-refractivity contribution in [1.29, 1.82) is 0 Å². The van der Waals surface area contributed by atoms with E-state index in [9.17, 15) is 4.79 Å². The lowest BCUT2D eigenvalue weighted by Crippen LogP contribution is -2.60. The number of nitrogens with zero attached hydrogens (tertiary/aromatic N) is 5. The summed E-state index contributed by atoms with van der Waals surface area (Å²) in [7, 11) is 3.32. The molecule has 0 N–H and O–H groups in total. The van der Waals surface area contributed by atoms with Crippen LogP contribution < -0.4 is 9.64 Å². The molecule has 4 rings (SSSR count). The average molecular weight is 393 g/mol. The van der Waals surface area contributed by atoms with Crippen LogP contribution in [0.5, 0.6) is 5.75 Å². The van der Waals surface area contributed by atoms with E-state index in [0.717, 1.165) is 0 Å². The molecule has 1 fully saturated rings. The third-order valence-corrected chi connectivity index (χ3v) is 5.07. The zero-order valence-corrected chi connectivity index (χ0v) is 16.1. The number of carbonyl (C=O) groups is 1. The number of carbonyl (C=O) groups excluding carboxylic acids is 1. The summed E-state index contributed by atoms with van der Waals surface area (Å²) in [6.07, 6.45) is 4.52. The van der Waals surface area contributed by atoms with Gasteiger partial charge in [0, 0.05) is 38.1 Å². The maximum atomic E-state index is 15.1. The molecule has 29 heavy (non-hydrogen) atoms. The number of rotatable bonds is 5. The average Bonchev–Trinajstić information content (AvgIpc) is 2.74. The Kier molecular flexibility index (Phi) is 5.07. The van der Waals surface area contributed by atoms with Gasteiger partial charge in [-0.15, -0.1) is 0 Å². The molecule has 1 aliphatic rings. The van der Waals surface area contributed by atoms with Crippen molar-refractivity contribution in [2.75, 3.05) is 32.1 Å². The number of likely N-dealkylation sites (N-methyl/N-ethyl adjacent to an activating group) is 1. The molecule has 2 aromatic heterocycles. The van der Waals surface area contributed by atoms with E-state index in [1.54, 1.807) is 67.8 Å². The van der Waals surface area contributed by atoms with Gasteiger partial charge in [-0.2, -0.15) is 0 Å². The molecule has 1 aromatic carbocycles. The lowest BCUT2D eigenvalue weighted by atomic mass is 10.1. The lowest BCUT2D eigenvalue weighted by Gasteiger charge is -2.44. The Morgan fingerprint density at radius 2 is 1.97 bits per heavy atom. The van der Waals surface area contributed by atoms with Crippen LogP contribution in [-0.2, 0) is 0 Å². The second kappa shape index (κ2) is 7.83. The summed E-state index contributed by atoms with van der Waals surface area (Å²) in [6, 6.07) is 10.5. The van der Waals surface area contributed by atoms with Crippen molar-refractivity contribution in [2.24, 2.45) is 0 Å². The van der Waals surface area contributed by atoms with Crippen molar-refractivity contribution in [2.45, 2.75) is 6.04 Å². The second-order valence-corrected chi connectivity index (χ2v) is 6.80. The lowest BCUT2D eigenvalue weighted by molar-refractivity contribution is 0.0704. The number of hydrogen-bond donors (Lipinski definition) is 0.